The van der Waals surface area contributed by atoms with Gasteiger partial charge in [0, 0.05) is 13.0 Å². The molecule has 1 amide bonds. The Balaban J connectivity index is 2.49. The topological polar surface area (TPSA) is 78.0 Å². The zero-order chi connectivity index (χ0) is 14.7. The fourth-order valence-electron chi connectivity index (χ4n) is 2.12. The smallest absolute Gasteiger partial charge is 0.261 e. The van der Waals surface area contributed by atoms with Crippen LogP contribution in [0.5, 0.6) is 0 Å². The second kappa shape index (κ2) is 6.05. The van der Waals surface area contributed by atoms with E-state index in [0.717, 1.165) is 0 Å². The third-order valence-electron chi connectivity index (χ3n) is 3.05. The lowest BCUT2D eigenvalue weighted by atomic mass is 10.2. The molecule has 5 nitrogen and oxygen atoms in total. The lowest BCUT2D eigenvalue weighted by molar-refractivity contribution is -0.118. The normalized spacial score (nSPS) is 12.5. The van der Waals surface area contributed by atoms with Gasteiger partial charge in [0.05, 0.1) is 16.3 Å². The number of para-hydroxylation sites is 1. The number of alkyl halides is 1. The maximum absolute atomic E-state index is 12.5. The molecular formula is C14H16ClN3O2. The van der Waals surface area contributed by atoms with Gasteiger partial charge < -0.3 is 5.73 Å². The van der Waals surface area contributed by atoms with E-state index in [-0.39, 0.29) is 23.3 Å². The number of primary amides is 1. The van der Waals surface area contributed by atoms with Gasteiger partial charge >= 0.3 is 0 Å². The van der Waals surface area contributed by atoms with Crippen molar-refractivity contribution in [1.82, 2.24) is 9.55 Å². The Bertz CT molecular complexity index is 694. The molecule has 1 unspecified atom stereocenters. The van der Waals surface area contributed by atoms with Crippen molar-refractivity contribution in [3.8, 4) is 0 Å². The zero-order valence-corrected chi connectivity index (χ0v) is 11.9. The molecule has 0 saturated heterocycles. The molecule has 2 aromatic rings. The molecule has 106 valence electrons. The number of carbonyl (C=O) groups is 1. The van der Waals surface area contributed by atoms with E-state index in [1.165, 1.54) is 4.57 Å². The first-order valence-corrected chi connectivity index (χ1v) is 6.86. The van der Waals surface area contributed by atoms with Crippen molar-refractivity contribution in [2.24, 2.45) is 5.73 Å². The number of aromatic nitrogens is 2. The van der Waals surface area contributed by atoms with Gasteiger partial charge in [-0.25, -0.2) is 4.98 Å². The fourth-order valence-corrected chi connectivity index (χ4v) is 2.28. The molecule has 1 atom stereocenters. The first-order chi connectivity index (χ1) is 9.50. The van der Waals surface area contributed by atoms with Crippen LogP contribution < -0.4 is 11.3 Å². The molecule has 0 aliphatic heterocycles. The Morgan fingerprint density at radius 1 is 1.45 bits per heavy atom. The van der Waals surface area contributed by atoms with Gasteiger partial charge in [-0.3, -0.25) is 14.2 Å². The number of carbonyl (C=O) groups excluding carboxylic acids is 1. The van der Waals surface area contributed by atoms with E-state index in [4.69, 9.17) is 17.3 Å². The highest BCUT2D eigenvalue weighted by Gasteiger charge is 2.14. The monoisotopic (exact) mass is 293 g/mol. The molecule has 0 aliphatic carbocycles. The molecule has 0 radical (unpaired) electrons. The summed E-state index contributed by atoms with van der Waals surface area (Å²) in [6.07, 6.45) is 0.723. The number of hydrogen-bond acceptors (Lipinski definition) is 3. The highest BCUT2D eigenvalue weighted by atomic mass is 35.5. The van der Waals surface area contributed by atoms with Crippen LogP contribution in [0.3, 0.4) is 0 Å². The van der Waals surface area contributed by atoms with E-state index in [1.54, 1.807) is 25.1 Å². The van der Waals surface area contributed by atoms with Gasteiger partial charge in [0.25, 0.3) is 5.56 Å². The van der Waals surface area contributed by atoms with Gasteiger partial charge in [0.1, 0.15) is 5.82 Å². The van der Waals surface area contributed by atoms with Gasteiger partial charge in [-0.15, -0.1) is 11.6 Å². The Kier molecular flexibility index (Phi) is 4.39. The molecule has 0 saturated carbocycles. The minimum atomic E-state index is -0.388. The predicted molar refractivity (Wildman–Crippen MR) is 78.7 cm³/mol. The van der Waals surface area contributed by atoms with Crippen LogP contribution in [-0.2, 0) is 11.3 Å². The number of rotatable bonds is 5. The van der Waals surface area contributed by atoms with E-state index in [9.17, 15) is 9.59 Å². The number of benzene rings is 1. The van der Waals surface area contributed by atoms with Gasteiger partial charge in [-0.05, 0) is 25.5 Å². The number of nitrogens with two attached hydrogens (primary N) is 1. The molecule has 1 heterocycles. The van der Waals surface area contributed by atoms with Crippen LogP contribution >= 0.6 is 11.6 Å². The molecule has 20 heavy (non-hydrogen) atoms. The van der Waals surface area contributed by atoms with Crippen molar-refractivity contribution in [3.05, 3.63) is 40.4 Å². The first kappa shape index (κ1) is 14.5. The highest BCUT2D eigenvalue weighted by Crippen LogP contribution is 2.19. The molecule has 0 aliphatic rings. The van der Waals surface area contributed by atoms with E-state index in [2.05, 4.69) is 4.98 Å². The molecule has 6 heteroatoms. The van der Waals surface area contributed by atoms with Crippen molar-refractivity contribution in [1.29, 1.82) is 0 Å². The predicted octanol–water partition coefficient (Wildman–Crippen LogP) is 1.96. The fraction of sp³-hybridized carbons (Fsp3) is 0.357. The second-order valence-electron chi connectivity index (χ2n) is 4.63. The molecule has 0 fully saturated rings. The quantitative estimate of drug-likeness (QED) is 0.856. The molecule has 0 bridgehead atoms. The minimum absolute atomic E-state index is 0.137. The molecule has 0 spiro atoms. The van der Waals surface area contributed by atoms with Crippen LogP contribution in [0.1, 0.15) is 31.0 Å². The zero-order valence-electron chi connectivity index (χ0n) is 11.2. The number of nitrogens with zero attached hydrogens (tertiary/aromatic N) is 2. The maximum Gasteiger partial charge on any atom is 0.261 e. The Hall–Kier alpha value is -1.88. The van der Waals surface area contributed by atoms with Gasteiger partial charge in [-0.2, -0.15) is 0 Å². The van der Waals surface area contributed by atoms with Crippen LogP contribution in [0.4, 0.5) is 0 Å². The molecule has 2 rings (SSSR count). The minimum Gasteiger partial charge on any atom is -0.370 e. The van der Waals surface area contributed by atoms with Gasteiger partial charge in [-0.1, -0.05) is 12.1 Å². The average Bonchev–Trinajstić information content (AvgIpc) is 2.40. The van der Waals surface area contributed by atoms with Gasteiger partial charge in [0.2, 0.25) is 5.91 Å². The van der Waals surface area contributed by atoms with Crippen LogP contribution in [0.15, 0.2) is 29.1 Å². The lowest BCUT2D eigenvalue weighted by Crippen LogP contribution is -2.26. The maximum atomic E-state index is 12.5. The summed E-state index contributed by atoms with van der Waals surface area (Å²) in [7, 11) is 0. The Labute approximate surface area is 121 Å². The van der Waals surface area contributed by atoms with Crippen molar-refractivity contribution >= 4 is 28.4 Å². The van der Waals surface area contributed by atoms with Crippen molar-refractivity contribution in [2.75, 3.05) is 0 Å². The summed E-state index contributed by atoms with van der Waals surface area (Å²) in [4.78, 5) is 27.7. The van der Waals surface area contributed by atoms with E-state index < -0.39 is 0 Å². The highest BCUT2D eigenvalue weighted by molar-refractivity contribution is 6.20. The molecular weight excluding hydrogens is 278 g/mol. The molecule has 1 aromatic carbocycles. The van der Waals surface area contributed by atoms with Gasteiger partial charge in [0.15, 0.2) is 0 Å². The van der Waals surface area contributed by atoms with Crippen molar-refractivity contribution < 1.29 is 4.79 Å². The van der Waals surface area contributed by atoms with Crippen LogP contribution in [0, 0.1) is 0 Å². The van der Waals surface area contributed by atoms with Crippen molar-refractivity contribution in [2.45, 2.75) is 31.7 Å². The summed E-state index contributed by atoms with van der Waals surface area (Å²) in [5.74, 6) is 0.132. The summed E-state index contributed by atoms with van der Waals surface area (Å²) in [6.45, 7) is 2.15. The summed E-state index contributed by atoms with van der Waals surface area (Å²) < 4.78 is 1.53. The molecule has 1 aromatic heterocycles. The summed E-state index contributed by atoms with van der Waals surface area (Å²) in [5, 5.41) is 0.161. The van der Waals surface area contributed by atoms with Crippen LogP contribution in [0.2, 0.25) is 0 Å². The molecule has 2 N–H and O–H groups in total. The largest absolute Gasteiger partial charge is 0.370 e. The third-order valence-corrected chi connectivity index (χ3v) is 3.25. The summed E-state index contributed by atoms with van der Waals surface area (Å²) >= 11 is 6.11. The van der Waals surface area contributed by atoms with Crippen LogP contribution in [-0.4, -0.2) is 15.5 Å². The van der Waals surface area contributed by atoms with Crippen molar-refractivity contribution in [3.63, 3.8) is 0 Å². The average molecular weight is 294 g/mol. The first-order valence-electron chi connectivity index (χ1n) is 6.42. The summed E-state index contributed by atoms with van der Waals surface area (Å²) in [6, 6.07) is 7.14. The number of halogens is 1. The third kappa shape index (κ3) is 2.99. The lowest BCUT2D eigenvalue weighted by Gasteiger charge is -2.14. The number of hydrogen-bond donors (Lipinski definition) is 1. The van der Waals surface area contributed by atoms with E-state index in [0.29, 0.717) is 29.7 Å². The summed E-state index contributed by atoms with van der Waals surface area (Å²) in [5.41, 5.74) is 5.61. The van der Waals surface area contributed by atoms with E-state index in [1.807, 2.05) is 6.07 Å². The SMILES string of the molecule is CC(Cl)c1nc2ccccc2c(=O)n1CCCC(N)=O. The second-order valence-corrected chi connectivity index (χ2v) is 5.28. The Morgan fingerprint density at radius 2 is 2.15 bits per heavy atom. The number of amides is 1. The van der Waals surface area contributed by atoms with Crippen LogP contribution in [0.25, 0.3) is 10.9 Å². The number of fused-ring (bicyclic) bond motifs is 1. The van der Waals surface area contributed by atoms with E-state index >= 15 is 0 Å². The standard InChI is InChI=1S/C14H16ClN3O2/c1-9(15)13-17-11-6-3-2-5-10(11)14(20)18(13)8-4-7-12(16)19/h2-3,5-6,9H,4,7-8H2,1H3,(H2,16,19). The Morgan fingerprint density at radius 3 is 2.80 bits per heavy atom.